The standard InChI is InChI=1S/C12H20N4O2/c1-17-10-11(13)15-8-16-12(10)14-5-2-6-18-7-9-3-4-9/h8-9H,2-7H2,1H3,(H3,13,14,15,16). The van der Waals surface area contributed by atoms with Gasteiger partial charge in [0.1, 0.15) is 6.33 Å². The van der Waals surface area contributed by atoms with Gasteiger partial charge >= 0.3 is 0 Å². The van der Waals surface area contributed by atoms with Gasteiger partial charge in [-0.2, -0.15) is 0 Å². The lowest BCUT2D eigenvalue weighted by molar-refractivity contribution is 0.124. The van der Waals surface area contributed by atoms with Gasteiger partial charge in [-0.1, -0.05) is 0 Å². The Morgan fingerprint density at radius 3 is 3.00 bits per heavy atom. The lowest BCUT2D eigenvalue weighted by Gasteiger charge is -2.10. The third-order valence-electron chi connectivity index (χ3n) is 2.84. The zero-order chi connectivity index (χ0) is 12.8. The summed E-state index contributed by atoms with van der Waals surface area (Å²) in [6.45, 7) is 2.45. The molecule has 0 atom stereocenters. The number of nitrogens with one attached hydrogen (secondary N) is 1. The van der Waals surface area contributed by atoms with Crippen molar-refractivity contribution in [2.75, 3.05) is 37.9 Å². The molecule has 1 aliphatic carbocycles. The van der Waals surface area contributed by atoms with Crippen molar-refractivity contribution in [1.29, 1.82) is 0 Å². The van der Waals surface area contributed by atoms with Gasteiger partial charge in [0.2, 0.25) is 5.75 Å². The lowest BCUT2D eigenvalue weighted by Crippen LogP contribution is -2.10. The number of hydrogen-bond donors (Lipinski definition) is 2. The molecule has 0 bridgehead atoms. The molecule has 6 heteroatoms. The molecule has 0 aromatic carbocycles. The Kier molecular flexibility index (Phi) is 4.58. The minimum Gasteiger partial charge on any atom is -0.490 e. The van der Waals surface area contributed by atoms with E-state index in [1.807, 2.05) is 0 Å². The molecule has 18 heavy (non-hydrogen) atoms. The Balaban J connectivity index is 1.67. The summed E-state index contributed by atoms with van der Waals surface area (Å²) in [5.41, 5.74) is 5.68. The molecule has 3 N–H and O–H groups in total. The summed E-state index contributed by atoms with van der Waals surface area (Å²) in [7, 11) is 1.55. The summed E-state index contributed by atoms with van der Waals surface area (Å²) in [6.07, 6.45) is 5.01. The van der Waals surface area contributed by atoms with Gasteiger partial charge < -0.3 is 20.5 Å². The van der Waals surface area contributed by atoms with E-state index in [1.54, 1.807) is 7.11 Å². The van der Waals surface area contributed by atoms with Crippen LogP contribution in [0.2, 0.25) is 0 Å². The van der Waals surface area contributed by atoms with Crippen LogP contribution in [0.4, 0.5) is 11.6 Å². The Hall–Kier alpha value is -1.56. The van der Waals surface area contributed by atoms with Gasteiger partial charge in [0.25, 0.3) is 0 Å². The predicted octanol–water partition coefficient (Wildman–Crippen LogP) is 1.30. The molecule has 1 saturated carbocycles. The van der Waals surface area contributed by atoms with Crippen LogP contribution in [0.25, 0.3) is 0 Å². The van der Waals surface area contributed by atoms with Crippen LogP contribution < -0.4 is 15.8 Å². The van der Waals surface area contributed by atoms with Gasteiger partial charge in [0, 0.05) is 19.8 Å². The van der Waals surface area contributed by atoms with Crippen molar-refractivity contribution < 1.29 is 9.47 Å². The smallest absolute Gasteiger partial charge is 0.203 e. The number of rotatable bonds is 8. The van der Waals surface area contributed by atoms with Crippen molar-refractivity contribution in [2.24, 2.45) is 5.92 Å². The van der Waals surface area contributed by atoms with Gasteiger partial charge in [-0.05, 0) is 25.2 Å². The number of nitrogen functional groups attached to an aromatic ring is 1. The van der Waals surface area contributed by atoms with E-state index in [-0.39, 0.29) is 0 Å². The fraction of sp³-hybridized carbons (Fsp3) is 0.667. The van der Waals surface area contributed by atoms with E-state index >= 15 is 0 Å². The van der Waals surface area contributed by atoms with Crippen molar-refractivity contribution in [3.05, 3.63) is 6.33 Å². The second-order valence-corrected chi connectivity index (χ2v) is 4.44. The molecule has 2 rings (SSSR count). The summed E-state index contributed by atoms with van der Waals surface area (Å²) < 4.78 is 10.7. The maximum atomic E-state index is 5.68. The molecule has 0 spiro atoms. The molecule has 6 nitrogen and oxygen atoms in total. The highest BCUT2D eigenvalue weighted by Crippen LogP contribution is 2.28. The summed E-state index contributed by atoms with van der Waals surface area (Å²) >= 11 is 0. The monoisotopic (exact) mass is 252 g/mol. The fourth-order valence-electron chi connectivity index (χ4n) is 1.63. The summed E-state index contributed by atoms with van der Waals surface area (Å²) in [5, 5.41) is 3.17. The highest BCUT2D eigenvalue weighted by Gasteiger charge is 2.20. The second-order valence-electron chi connectivity index (χ2n) is 4.44. The fourth-order valence-corrected chi connectivity index (χ4v) is 1.63. The predicted molar refractivity (Wildman–Crippen MR) is 69.6 cm³/mol. The van der Waals surface area contributed by atoms with Crippen molar-refractivity contribution in [1.82, 2.24) is 9.97 Å². The number of nitrogens with two attached hydrogens (primary N) is 1. The van der Waals surface area contributed by atoms with Crippen molar-refractivity contribution in [3.63, 3.8) is 0 Å². The first-order chi connectivity index (χ1) is 8.81. The van der Waals surface area contributed by atoms with Crippen LogP contribution in [0, 0.1) is 5.92 Å². The van der Waals surface area contributed by atoms with E-state index in [2.05, 4.69) is 15.3 Å². The first-order valence-corrected chi connectivity index (χ1v) is 6.27. The topological polar surface area (TPSA) is 82.3 Å². The molecule has 1 aromatic rings. The number of anilines is 2. The number of hydrogen-bond acceptors (Lipinski definition) is 6. The maximum absolute atomic E-state index is 5.68. The van der Waals surface area contributed by atoms with Crippen LogP contribution in [0.3, 0.4) is 0 Å². The van der Waals surface area contributed by atoms with E-state index < -0.39 is 0 Å². The molecule has 0 radical (unpaired) electrons. The number of aromatic nitrogens is 2. The molecule has 0 saturated heterocycles. The van der Waals surface area contributed by atoms with Gasteiger partial charge in [0.15, 0.2) is 11.6 Å². The number of nitrogens with zero attached hydrogens (tertiary/aromatic N) is 2. The van der Waals surface area contributed by atoms with Gasteiger partial charge in [-0.25, -0.2) is 9.97 Å². The van der Waals surface area contributed by atoms with Crippen molar-refractivity contribution in [2.45, 2.75) is 19.3 Å². The van der Waals surface area contributed by atoms with E-state index in [4.69, 9.17) is 15.2 Å². The van der Waals surface area contributed by atoms with E-state index in [1.165, 1.54) is 19.2 Å². The molecule has 0 aliphatic heterocycles. The zero-order valence-electron chi connectivity index (χ0n) is 10.7. The van der Waals surface area contributed by atoms with Crippen LogP contribution >= 0.6 is 0 Å². The minimum atomic E-state index is 0.347. The molecule has 1 heterocycles. The van der Waals surface area contributed by atoms with E-state index in [9.17, 15) is 0 Å². The SMILES string of the molecule is COc1c(N)ncnc1NCCCOCC1CC1. The van der Waals surface area contributed by atoms with Crippen LogP contribution in [-0.4, -0.2) is 36.8 Å². The zero-order valence-corrected chi connectivity index (χ0v) is 10.7. The van der Waals surface area contributed by atoms with Crippen molar-refractivity contribution >= 4 is 11.6 Å². The summed E-state index contributed by atoms with van der Waals surface area (Å²) in [4.78, 5) is 7.97. The number of methoxy groups -OCH3 is 1. The third kappa shape index (κ3) is 3.73. The van der Waals surface area contributed by atoms with Gasteiger partial charge in [0.05, 0.1) is 7.11 Å². The highest BCUT2D eigenvalue weighted by molar-refractivity contribution is 5.61. The Morgan fingerprint density at radius 1 is 1.44 bits per heavy atom. The lowest BCUT2D eigenvalue weighted by atomic mass is 10.4. The number of ether oxygens (including phenoxy) is 2. The Bertz CT molecular complexity index is 382. The van der Waals surface area contributed by atoms with E-state index in [0.717, 1.165) is 32.1 Å². The van der Waals surface area contributed by atoms with Crippen LogP contribution in [-0.2, 0) is 4.74 Å². The van der Waals surface area contributed by atoms with Crippen LogP contribution in [0.5, 0.6) is 5.75 Å². The average Bonchev–Trinajstić information content (AvgIpc) is 3.18. The Morgan fingerprint density at radius 2 is 2.28 bits per heavy atom. The molecule has 1 aromatic heterocycles. The third-order valence-corrected chi connectivity index (χ3v) is 2.84. The van der Waals surface area contributed by atoms with Crippen LogP contribution in [0.15, 0.2) is 6.33 Å². The second kappa shape index (κ2) is 6.39. The van der Waals surface area contributed by atoms with E-state index in [0.29, 0.717) is 17.4 Å². The molecule has 1 fully saturated rings. The minimum absolute atomic E-state index is 0.347. The van der Waals surface area contributed by atoms with Crippen molar-refractivity contribution in [3.8, 4) is 5.75 Å². The first-order valence-electron chi connectivity index (χ1n) is 6.27. The molecule has 100 valence electrons. The molecular formula is C12H20N4O2. The Labute approximate surface area is 107 Å². The van der Waals surface area contributed by atoms with Gasteiger partial charge in [-0.3, -0.25) is 0 Å². The first kappa shape index (κ1) is 12.9. The molecule has 0 unspecified atom stereocenters. The largest absolute Gasteiger partial charge is 0.490 e. The van der Waals surface area contributed by atoms with Crippen LogP contribution in [0.1, 0.15) is 19.3 Å². The summed E-state index contributed by atoms with van der Waals surface area (Å²) in [5.74, 6) is 2.29. The average molecular weight is 252 g/mol. The quantitative estimate of drug-likeness (QED) is 0.678. The maximum Gasteiger partial charge on any atom is 0.203 e. The normalized spacial score (nSPS) is 14.5. The molecular weight excluding hydrogens is 232 g/mol. The molecule has 1 aliphatic rings. The highest BCUT2D eigenvalue weighted by atomic mass is 16.5. The molecule has 0 amide bonds. The summed E-state index contributed by atoms with van der Waals surface area (Å²) in [6, 6.07) is 0. The van der Waals surface area contributed by atoms with Gasteiger partial charge in [-0.15, -0.1) is 0 Å².